The highest BCUT2D eigenvalue weighted by atomic mass is 35.5. The molecule has 5 nitrogen and oxygen atoms in total. The lowest BCUT2D eigenvalue weighted by Crippen LogP contribution is -2.30. The number of aryl methyl sites for hydroxylation is 2. The van der Waals surface area contributed by atoms with Crippen molar-refractivity contribution in [2.45, 2.75) is 26.4 Å². The lowest BCUT2D eigenvalue weighted by atomic mass is 10.2. The molecule has 1 fully saturated rings. The Morgan fingerprint density at radius 2 is 1.70 bits per heavy atom. The predicted molar refractivity (Wildman–Crippen MR) is 110 cm³/mol. The molecular formula is C21H26ClN5. The third kappa shape index (κ3) is 4.15. The molecule has 3 heterocycles. The number of benzene rings is 1. The summed E-state index contributed by atoms with van der Waals surface area (Å²) in [6.45, 7) is 8.10. The molecule has 1 aliphatic heterocycles. The zero-order valence-corrected chi connectivity index (χ0v) is 16.8. The fraction of sp³-hybridized carbons (Fsp3) is 0.429. The Bertz CT molecular complexity index is 935. The molecule has 0 amide bonds. The highest BCUT2D eigenvalue weighted by molar-refractivity contribution is 6.30. The van der Waals surface area contributed by atoms with Crippen LogP contribution in [0.15, 0.2) is 36.4 Å². The molecule has 27 heavy (non-hydrogen) atoms. The molecule has 0 atom stereocenters. The molecule has 1 saturated heterocycles. The molecule has 1 aliphatic rings. The van der Waals surface area contributed by atoms with Gasteiger partial charge in [0.2, 0.25) is 0 Å². The molecule has 2 aromatic heterocycles. The highest BCUT2D eigenvalue weighted by Crippen LogP contribution is 2.21. The van der Waals surface area contributed by atoms with Crippen LogP contribution in [0, 0.1) is 6.92 Å². The first-order valence-electron chi connectivity index (χ1n) is 9.57. The number of rotatable bonds is 4. The van der Waals surface area contributed by atoms with Gasteiger partial charge in [-0.3, -0.25) is 19.5 Å². The quantitative estimate of drug-likeness (QED) is 0.689. The van der Waals surface area contributed by atoms with Crippen LogP contribution in [0.1, 0.15) is 23.4 Å². The lowest BCUT2D eigenvalue weighted by Gasteiger charge is -2.21. The van der Waals surface area contributed by atoms with E-state index in [1.54, 1.807) is 4.68 Å². The van der Waals surface area contributed by atoms with Crippen molar-refractivity contribution in [3.8, 4) is 0 Å². The summed E-state index contributed by atoms with van der Waals surface area (Å²) >= 11 is 6.41. The van der Waals surface area contributed by atoms with Crippen molar-refractivity contribution in [3.63, 3.8) is 0 Å². The minimum absolute atomic E-state index is 0.758. The van der Waals surface area contributed by atoms with Crippen molar-refractivity contribution in [1.82, 2.24) is 24.6 Å². The maximum atomic E-state index is 6.41. The number of pyridine rings is 1. The number of aromatic nitrogens is 3. The first-order chi connectivity index (χ1) is 13.1. The summed E-state index contributed by atoms with van der Waals surface area (Å²) < 4.78 is 1.77. The molecule has 0 unspecified atom stereocenters. The summed E-state index contributed by atoms with van der Waals surface area (Å²) in [5.74, 6) is 0. The van der Waals surface area contributed by atoms with Gasteiger partial charge in [0.15, 0.2) is 0 Å². The summed E-state index contributed by atoms with van der Waals surface area (Å²) in [5, 5.41) is 6.39. The Hall–Kier alpha value is -1.95. The summed E-state index contributed by atoms with van der Waals surface area (Å²) in [6, 6.07) is 12.6. The molecule has 0 N–H and O–H groups in total. The van der Waals surface area contributed by atoms with Crippen LogP contribution in [0.5, 0.6) is 0 Å². The summed E-state index contributed by atoms with van der Waals surface area (Å²) in [5.41, 5.74) is 4.41. The van der Waals surface area contributed by atoms with Crippen LogP contribution >= 0.6 is 11.6 Å². The molecule has 0 aliphatic carbocycles. The molecule has 4 rings (SSSR count). The van der Waals surface area contributed by atoms with Gasteiger partial charge in [-0.2, -0.15) is 5.10 Å². The van der Waals surface area contributed by atoms with Gasteiger partial charge in [-0.15, -0.1) is 0 Å². The normalized spacial score (nSPS) is 16.7. The van der Waals surface area contributed by atoms with E-state index in [1.165, 1.54) is 5.39 Å². The number of hydrogen-bond donors (Lipinski definition) is 0. The van der Waals surface area contributed by atoms with Crippen LogP contribution in [0.4, 0.5) is 0 Å². The number of halogens is 1. The summed E-state index contributed by atoms with van der Waals surface area (Å²) in [6.07, 6.45) is 1.16. The van der Waals surface area contributed by atoms with E-state index in [1.807, 2.05) is 14.0 Å². The van der Waals surface area contributed by atoms with Crippen molar-refractivity contribution in [1.29, 1.82) is 0 Å². The van der Waals surface area contributed by atoms with Gasteiger partial charge in [0.25, 0.3) is 0 Å². The lowest BCUT2D eigenvalue weighted by molar-refractivity contribution is 0.245. The Morgan fingerprint density at radius 3 is 2.44 bits per heavy atom. The number of fused-ring (bicyclic) bond motifs is 1. The van der Waals surface area contributed by atoms with E-state index in [2.05, 4.69) is 51.3 Å². The van der Waals surface area contributed by atoms with Crippen molar-refractivity contribution >= 4 is 22.5 Å². The van der Waals surface area contributed by atoms with Crippen LogP contribution in [0.25, 0.3) is 10.9 Å². The maximum absolute atomic E-state index is 6.41. The average Bonchev–Trinajstić information content (AvgIpc) is 2.82. The summed E-state index contributed by atoms with van der Waals surface area (Å²) in [7, 11) is 1.90. The zero-order chi connectivity index (χ0) is 18.8. The highest BCUT2D eigenvalue weighted by Gasteiger charge is 2.19. The topological polar surface area (TPSA) is 37.2 Å². The second-order valence-corrected chi connectivity index (χ2v) is 7.74. The first-order valence-corrected chi connectivity index (χ1v) is 9.95. The Kier molecular flexibility index (Phi) is 5.43. The van der Waals surface area contributed by atoms with Gasteiger partial charge in [0.1, 0.15) is 5.15 Å². The third-order valence-corrected chi connectivity index (χ3v) is 5.85. The Balaban J connectivity index is 1.39. The van der Waals surface area contributed by atoms with E-state index in [-0.39, 0.29) is 0 Å². The molecular weight excluding hydrogens is 358 g/mol. The van der Waals surface area contributed by atoms with Gasteiger partial charge in [0.05, 0.1) is 16.9 Å². The molecule has 0 spiro atoms. The molecule has 0 radical (unpaired) electrons. The fourth-order valence-corrected chi connectivity index (χ4v) is 4.08. The second kappa shape index (κ2) is 7.97. The first kappa shape index (κ1) is 18.4. The standard InChI is InChI=1S/C21H26ClN5/c1-16-19(21(22)25(2)24-16)15-27-11-5-10-26(12-13-27)14-18-9-8-17-6-3-4-7-20(17)23-18/h3-4,6-9H,5,10-15H2,1-2H3. The molecule has 0 saturated carbocycles. The van der Waals surface area contributed by atoms with Crippen molar-refractivity contribution in [3.05, 3.63) is 58.5 Å². The third-order valence-electron chi connectivity index (χ3n) is 5.37. The van der Waals surface area contributed by atoms with Crippen LogP contribution in [0.2, 0.25) is 5.15 Å². The zero-order valence-electron chi connectivity index (χ0n) is 16.0. The second-order valence-electron chi connectivity index (χ2n) is 7.38. The average molecular weight is 384 g/mol. The van der Waals surface area contributed by atoms with E-state index < -0.39 is 0 Å². The smallest absolute Gasteiger partial charge is 0.131 e. The van der Waals surface area contributed by atoms with E-state index in [4.69, 9.17) is 16.6 Å². The monoisotopic (exact) mass is 383 g/mol. The SMILES string of the molecule is Cc1nn(C)c(Cl)c1CN1CCCN(Cc2ccc3ccccc3n2)CC1. The van der Waals surface area contributed by atoms with Crippen molar-refractivity contribution in [2.75, 3.05) is 26.2 Å². The van der Waals surface area contributed by atoms with Crippen molar-refractivity contribution in [2.24, 2.45) is 7.05 Å². The van der Waals surface area contributed by atoms with E-state index in [0.29, 0.717) is 0 Å². The Morgan fingerprint density at radius 1 is 0.963 bits per heavy atom. The van der Waals surface area contributed by atoms with Crippen LogP contribution < -0.4 is 0 Å². The van der Waals surface area contributed by atoms with Gasteiger partial charge in [0, 0.05) is 44.2 Å². The van der Waals surface area contributed by atoms with E-state index in [0.717, 1.165) is 73.3 Å². The number of nitrogens with zero attached hydrogens (tertiary/aromatic N) is 5. The van der Waals surface area contributed by atoms with E-state index in [9.17, 15) is 0 Å². The molecule has 3 aromatic rings. The molecule has 6 heteroatoms. The summed E-state index contributed by atoms with van der Waals surface area (Å²) in [4.78, 5) is 9.83. The maximum Gasteiger partial charge on any atom is 0.131 e. The van der Waals surface area contributed by atoms with Crippen LogP contribution in [-0.4, -0.2) is 50.7 Å². The number of hydrogen-bond acceptors (Lipinski definition) is 4. The number of para-hydroxylation sites is 1. The molecule has 0 bridgehead atoms. The fourth-order valence-electron chi connectivity index (χ4n) is 3.84. The van der Waals surface area contributed by atoms with Gasteiger partial charge in [-0.25, -0.2) is 0 Å². The Labute approximate surface area is 165 Å². The predicted octanol–water partition coefficient (Wildman–Crippen LogP) is 3.64. The minimum Gasteiger partial charge on any atom is -0.298 e. The van der Waals surface area contributed by atoms with E-state index >= 15 is 0 Å². The van der Waals surface area contributed by atoms with Gasteiger partial charge in [-0.05, 0) is 38.6 Å². The van der Waals surface area contributed by atoms with Crippen LogP contribution in [0.3, 0.4) is 0 Å². The van der Waals surface area contributed by atoms with Crippen LogP contribution in [-0.2, 0) is 20.1 Å². The van der Waals surface area contributed by atoms with Crippen molar-refractivity contribution < 1.29 is 0 Å². The van der Waals surface area contributed by atoms with Gasteiger partial charge < -0.3 is 0 Å². The largest absolute Gasteiger partial charge is 0.298 e. The van der Waals surface area contributed by atoms with Gasteiger partial charge >= 0.3 is 0 Å². The van der Waals surface area contributed by atoms with Gasteiger partial charge in [-0.1, -0.05) is 35.9 Å². The molecule has 1 aromatic carbocycles. The minimum atomic E-state index is 0.758. The molecule has 142 valence electrons.